The molecule has 0 atom stereocenters. The van der Waals surface area contributed by atoms with Crippen LogP contribution in [-0.2, 0) is 9.59 Å². The maximum atomic E-state index is 11.8. The van der Waals surface area contributed by atoms with Gasteiger partial charge in [0.15, 0.2) is 11.5 Å². The van der Waals surface area contributed by atoms with Crippen molar-refractivity contribution in [3.05, 3.63) is 24.3 Å². The maximum Gasteiger partial charge on any atom is 0.258 e. The van der Waals surface area contributed by atoms with E-state index in [4.69, 9.17) is 14.2 Å². The third-order valence-electron chi connectivity index (χ3n) is 2.72. The van der Waals surface area contributed by atoms with Crippen molar-refractivity contribution in [2.45, 2.75) is 0 Å². The summed E-state index contributed by atoms with van der Waals surface area (Å²) in [6.45, 7) is 0. The normalized spacial score (nSPS) is 13.9. The molecule has 6 nitrogen and oxygen atoms in total. The third kappa shape index (κ3) is 2.12. The number of methoxy groups -OCH3 is 3. The Morgan fingerprint density at radius 2 is 1.32 bits per heavy atom. The Morgan fingerprint density at radius 1 is 0.842 bits per heavy atom. The molecule has 1 aromatic carbocycles. The van der Waals surface area contributed by atoms with Gasteiger partial charge in [0.2, 0.25) is 0 Å². The van der Waals surface area contributed by atoms with Crippen molar-refractivity contribution in [1.29, 1.82) is 0 Å². The van der Waals surface area contributed by atoms with Crippen molar-refractivity contribution in [1.82, 2.24) is 0 Å². The van der Waals surface area contributed by atoms with E-state index in [1.807, 2.05) is 0 Å². The van der Waals surface area contributed by atoms with Crippen molar-refractivity contribution < 1.29 is 23.8 Å². The van der Waals surface area contributed by atoms with E-state index >= 15 is 0 Å². The number of imide groups is 1. The molecule has 0 radical (unpaired) electrons. The Hall–Kier alpha value is -2.50. The highest BCUT2D eigenvalue weighted by Crippen LogP contribution is 2.42. The van der Waals surface area contributed by atoms with E-state index in [0.29, 0.717) is 17.2 Å². The van der Waals surface area contributed by atoms with Gasteiger partial charge < -0.3 is 14.2 Å². The Labute approximate surface area is 110 Å². The lowest BCUT2D eigenvalue weighted by Crippen LogP contribution is -2.30. The number of rotatable bonds is 4. The quantitative estimate of drug-likeness (QED) is 0.762. The molecule has 0 fully saturated rings. The number of hydrogen-bond donors (Lipinski definition) is 0. The molecule has 0 saturated carbocycles. The number of anilines is 1. The van der Waals surface area contributed by atoms with Crippen molar-refractivity contribution in [3.8, 4) is 17.2 Å². The molecule has 0 saturated heterocycles. The molecule has 1 heterocycles. The Morgan fingerprint density at radius 3 is 1.68 bits per heavy atom. The number of ether oxygens (including phenoxy) is 3. The lowest BCUT2D eigenvalue weighted by atomic mass is 10.2. The van der Waals surface area contributed by atoms with Crippen LogP contribution in [-0.4, -0.2) is 33.1 Å². The van der Waals surface area contributed by atoms with E-state index in [1.54, 1.807) is 12.1 Å². The lowest BCUT2D eigenvalue weighted by Gasteiger charge is -2.21. The van der Waals surface area contributed by atoms with Gasteiger partial charge in [-0.2, -0.15) is 0 Å². The SMILES string of the molecule is COc1cc(OC)c(N2C(=O)C=CC2=O)c(OC)c1. The van der Waals surface area contributed by atoms with Gasteiger partial charge in [-0.15, -0.1) is 0 Å². The molecule has 0 spiro atoms. The van der Waals surface area contributed by atoms with Gasteiger partial charge in [-0.25, -0.2) is 4.90 Å². The van der Waals surface area contributed by atoms with Crippen molar-refractivity contribution in [3.63, 3.8) is 0 Å². The fourth-order valence-electron chi connectivity index (χ4n) is 1.83. The summed E-state index contributed by atoms with van der Waals surface area (Å²) in [6.07, 6.45) is 2.40. The van der Waals surface area contributed by atoms with Crippen molar-refractivity contribution in [2.24, 2.45) is 0 Å². The standard InChI is InChI=1S/C13H13NO5/c1-17-8-6-9(18-2)13(10(7-8)19-3)14-11(15)4-5-12(14)16/h4-7H,1-3H3. The number of benzene rings is 1. The monoisotopic (exact) mass is 263 g/mol. The minimum atomic E-state index is -0.438. The predicted octanol–water partition coefficient (Wildman–Crippen LogP) is 1.14. The summed E-state index contributed by atoms with van der Waals surface area (Å²) >= 11 is 0. The van der Waals surface area contributed by atoms with Crippen LogP contribution in [0.2, 0.25) is 0 Å². The molecule has 1 aliphatic heterocycles. The molecule has 2 amide bonds. The topological polar surface area (TPSA) is 65.1 Å². The summed E-state index contributed by atoms with van der Waals surface area (Å²) in [5.41, 5.74) is 0.269. The van der Waals surface area contributed by atoms with Gasteiger partial charge in [0.1, 0.15) is 11.4 Å². The second-order valence-corrected chi connectivity index (χ2v) is 3.73. The molecule has 2 rings (SSSR count). The second kappa shape index (κ2) is 5.01. The highest BCUT2D eigenvalue weighted by molar-refractivity contribution is 6.29. The van der Waals surface area contributed by atoms with E-state index in [-0.39, 0.29) is 5.69 Å². The summed E-state index contributed by atoms with van der Waals surface area (Å²) < 4.78 is 15.5. The summed E-state index contributed by atoms with van der Waals surface area (Å²) in [5, 5.41) is 0. The van der Waals surface area contributed by atoms with E-state index < -0.39 is 11.8 Å². The number of nitrogens with zero attached hydrogens (tertiary/aromatic N) is 1. The molecule has 100 valence electrons. The second-order valence-electron chi connectivity index (χ2n) is 3.73. The number of hydrogen-bond acceptors (Lipinski definition) is 5. The number of amides is 2. The molecular weight excluding hydrogens is 250 g/mol. The summed E-state index contributed by atoms with van der Waals surface area (Å²) in [6, 6.07) is 3.16. The Balaban J connectivity index is 2.61. The van der Waals surface area contributed by atoms with Crippen LogP contribution in [0.4, 0.5) is 5.69 Å². The first-order chi connectivity index (χ1) is 9.12. The molecule has 0 aliphatic carbocycles. The van der Waals surface area contributed by atoms with E-state index in [9.17, 15) is 9.59 Å². The minimum Gasteiger partial charge on any atom is -0.496 e. The summed E-state index contributed by atoms with van der Waals surface area (Å²) in [5.74, 6) is 0.270. The molecule has 0 unspecified atom stereocenters. The van der Waals surface area contributed by atoms with Gasteiger partial charge in [0, 0.05) is 24.3 Å². The fourth-order valence-corrected chi connectivity index (χ4v) is 1.83. The van der Waals surface area contributed by atoms with Crippen LogP contribution in [0.15, 0.2) is 24.3 Å². The van der Waals surface area contributed by atoms with Crippen LogP contribution in [0.1, 0.15) is 0 Å². The lowest BCUT2D eigenvalue weighted by molar-refractivity contribution is -0.120. The molecule has 1 aromatic rings. The molecule has 0 aromatic heterocycles. The summed E-state index contributed by atoms with van der Waals surface area (Å²) in [4.78, 5) is 24.5. The fraction of sp³-hybridized carbons (Fsp3) is 0.231. The first kappa shape index (κ1) is 12.9. The van der Waals surface area contributed by atoms with Crippen LogP contribution in [0.3, 0.4) is 0 Å². The first-order valence-electron chi connectivity index (χ1n) is 5.48. The van der Waals surface area contributed by atoms with Crippen LogP contribution in [0.25, 0.3) is 0 Å². The molecular formula is C13H13NO5. The van der Waals surface area contributed by atoms with Crippen LogP contribution in [0.5, 0.6) is 17.2 Å². The third-order valence-corrected chi connectivity index (χ3v) is 2.72. The predicted molar refractivity (Wildman–Crippen MR) is 67.7 cm³/mol. The molecule has 1 aliphatic rings. The smallest absolute Gasteiger partial charge is 0.258 e. The molecule has 19 heavy (non-hydrogen) atoms. The largest absolute Gasteiger partial charge is 0.496 e. The molecule has 0 bridgehead atoms. The van der Waals surface area contributed by atoms with Crippen LogP contribution >= 0.6 is 0 Å². The minimum absolute atomic E-state index is 0.269. The van der Waals surface area contributed by atoms with Gasteiger partial charge in [-0.1, -0.05) is 0 Å². The Kier molecular flexibility index (Phi) is 3.41. The van der Waals surface area contributed by atoms with Gasteiger partial charge in [0.25, 0.3) is 11.8 Å². The van der Waals surface area contributed by atoms with Gasteiger partial charge in [-0.3, -0.25) is 9.59 Å². The van der Waals surface area contributed by atoms with Gasteiger partial charge >= 0.3 is 0 Å². The van der Waals surface area contributed by atoms with E-state index in [1.165, 1.54) is 33.5 Å². The number of carbonyl (C=O) groups excluding carboxylic acids is 2. The highest BCUT2D eigenvalue weighted by atomic mass is 16.5. The summed E-state index contributed by atoms with van der Waals surface area (Å²) in [7, 11) is 4.38. The number of carbonyl (C=O) groups is 2. The first-order valence-corrected chi connectivity index (χ1v) is 5.48. The average molecular weight is 263 g/mol. The zero-order valence-electron chi connectivity index (χ0n) is 10.8. The van der Waals surface area contributed by atoms with E-state index in [0.717, 1.165) is 4.90 Å². The zero-order chi connectivity index (χ0) is 14.0. The average Bonchev–Trinajstić information content (AvgIpc) is 2.76. The Bertz CT molecular complexity index is 521. The van der Waals surface area contributed by atoms with E-state index in [2.05, 4.69) is 0 Å². The molecule has 6 heteroatoms. The van der Waals surface area contributed by atoms with Gasteiger partial charge in [-0.05, 0) is 0 Å². The van der Waals surface area contributed by atoms with Crippen LogP contribution in [0, 0.1) is 0 Å². The van der Waals surface area contributed by atoms with Gasteiger partial charge in [0.05, 0.1) is 21.3 Å². The zero-order valence-corrected chi connectivity index (χ0v) is 10.8. The van der Waals surface area contributed by atoms with Crippen molar-refractivity contribution >= 4 is 17.5 Å². The van der Waals surface area contributed by atoms with Crippen LogP contribution < -0.4 is 19.1 Å². The highest BCUT2D eigenvalue weighted by Gasteiger charge is 2.31. The maximum absolute atomic E-state index is 11.8. The molecule has 0 N–H and O–H groups in total. The van der Waals surface area contributed by atoms with Crippen molar-refractivity contribution in [2.75, 3.05) is 26.2 Å².